The molecule has 8 heteroatoms. The highest BCUT2D eigenvalue weighted by Crippen LogP contribution is 2.12. The molecule has 2 aromatic rings. The summed E-state index contributed by atoms with van der Waals surface area (Å²) in [6.07, 6.45) is 3.60. The Bertz CT molecular complexity index is 711. The number of nitrogens with one attached hydrogen (secondary N) is 2. The number of hydrogen-bond acceptors (Lipinski definition) is 4. The van der Waals surface area contributed by atoms with Crippen molar-refractivity contribution in [3.63, 3.8) is 0 Å². The molecule has 2 N–H and O–H groups in total. The fraction of sp³-hybridized carbons (Fsp3) is 0.600. The summed E-state index contributed by atoms with van der Waals surface area (Å²) in [7, 11) is 3.76. The average Bonchev–Trinajstić information content (AvgIpc) is 3.09. The van der Waals surface area contributed by atoms with Crippen LogP contribution in [-0.2, 0) is 26.6 Å². The molecule has 0 amide bonds. The standard InChI is InChI=1S/C15H24N8/c1-10-13(11(2)22(4)21-10)7-17-15(16-3)20-12-5-6-14-18-9-19-23(14)8-12/h9,12H,5-8H2,1-4H3,(H2,16,17,20). The number of guanidine groups is 1. The summed E-state index contributed by atoms with van der Waals surface area (Å²) >= 11 is 0. The third-order valence-corrected chi connectivity index (χ3v) is 4.46. The Kier molecular flexibility index (Phi) is 4.31. The van der Waals surface area contributed by atoms with Crippen molar-refractivity contribution in [2.24, 2.45) is 12.0 Å². The van der Waals surface area contributed by atoms with Crippen LogP contribution in [0.5, 0.6) is 0 Å². The van der Waals surface area contributed by atoms with Crippen LogP contribution in [0.2, 0.25) is 0 Å². The van der Waals surface area contributed by atoms with Gasteiger partial charge in [-0.3, -0.25) is 9.67 Å². The van der Waals surface area contributed by atoms with Gasteiger partial charge in [0.15, 0.2) is 5.96 Å². The van der Waals surface area contributed by atoms with E-state index in [-0.39, 0.29) is 0 Å². The molecule has 1 aliphatic heterocycles. The molecule has 2 aromatic heterocycles. The molecular weight excluding hydrogens is 292 g/mol. The van der Waals surface area contributed by atoms with Gasteiger partial charge in [0.1, 0.15) is 12.2 Å². The highest BCUT2D eigenvalue weighted by molar-refractivity contribution is 5.80. The molecule has 0 spiro atoms. The molecule has 0 aliphatic carbocycles. The molecule has 0 saturated carbocycles. The van der Waals surface area contributed by atoms with Gasteiger partial charge in [0, 0.05) is 44.4 Å². The van der Waals surface area contributed by atoms with E-state index >= 15 is 0 Å². The number of aromatic nitrogens is 5. The minimum absolute atomic E-state index is 0.312. The molecule has 3 heterocycles. The van der Waals surface area contributed by atoms with E-state index in [2.05, 4.69) is 37.7 Å². The molecule has 0 aromatic carbocycles. The van der Waals surface area contributed by atoms with E-state index in [9.17, 15) is 0 Å². The van der Waals surface area contributed by atoms with E-state index in [4.69, 9.17) is 0 Å². The quantitative estimate of drug-likeness (QED) is 0.629. The van der Waals surface area contributed by atoms with Crippen LogP contribution >= 0.6 is 0 Å². The number of nitrogens with zero attached hydrogens (tertiary/aromatic N) is 6. The summed E-state index contributed by atoms with van der Waals surface area (Å²) in [5.41, 5.74) is 3.45. The number of hydrogen-bond donors (Lipinski definition) is 2. The molecule has 1 atom stereocenters. The first-order chi connectivity index (χ1) is 11.1. The molecule has 1 unspecified atom stereocenters. The molecule has 3 rings (SSSR count). The van der Waals surface area contributed by atoms with Crippen LogP contribution in [0, 0.1) is 13.8 Å². The highest BCUT2D eigenvalue weighted by atomic mass is 15.4. The van der Waals surface area contributed by atoms with Crippen LogP contribution in [0.4, 0.5) is 0 Å². The third-order valence-electron chi connectivity index (χ3n) is 4.46. The first-order valence-corrected chi connectivity index (χ1v) is 7.91. The zero-order chi connectivity index (χ0) is 16.4. The summed E-state index contributed by atoms with van der Waals surface area (Å²) in [4.78, 5) is 8.59. The maximum Gasteiger partial charge on any atom is 0.191 e. The largest absolute Gasteiger partial charge is 0.352 e. The number of fused-ring (bicyclic) bond motifs is 1. The lowest BCUT2D eigenvalue weighted by atomic mass is 10.1. The van der Waals surface area contributed by atoms with E-state index in [1.165, 1.54) is 11.3 Å². The van der Waals surface area contributed by atoms with Crippen LogP contribution in [0.3, 0.4) is 0 Å². The van der Waals surface area contributed by atoms with Crippen LogP contribution in [0.25, 0.3) is 0 Å². The second kappa shape index (κ2) is 6.39. The molecule has 124 valence electrons. The van der Waals surface area contributed by atoms with Gasteiger partial charge in [-0.25, -0.2) is 9.67 Å². The van der Waals surface area contributed by atoms with Crippen molar-refractivity contribution in [1.82, 2.24) is 35.2 Å². The average molecular weight is 316 g/mol. The molecule has 0 fully saturated rings. The minimum Gasteiger partial charge on any atom is -0.352 e. The van der Waals surface area contributed by atoms with Gasteiger partial charge in [0.25, 0.3) is 0 Å². The molecule has 8 nitrogen and oxygen atoms in total. The van der Waals surface area contributed by atoms with Crippen LogP contribution < -0.4 is 10.6 Å². The lowest BCUT2D eigenvalue weighted by Crippen LogP contribution is -2.46. The van der Waals surface area contributed by atoms with E-state index < -0.39 is 0 Å². The van der Waals surface area contributed by atoms with E-state index in [0.717, 1.165) is 36.9 Å². The molecule has 23 heavy (non-hydrogen) atoms. The number of aliphatic imine (C=N–C) groups is 1. The van der Waals surface area contributed by atoms with Gasteiger partial charge in [-0.05, 0) is 20.3 Å². The van der Waals surface area contributed by atoms with Crippen molar-refractivity contribution in [3.05, 3.63) is 29.1 Å². The molecule has 1 aliphatic rings. The smallest absolute Gasteiger partial charge is 0.191 e. The lowest BCUT2D eigenvalue weighted by Gasteiger charge is -2.25. The first kappa shape index (κ1) is 15.5. The molecule has 0 radical (unpaired) electrons. The van der Waals surface area contributed by atoms with E-state index in [1.54, 1.807) is 13.4 Å². The summed E-state index contributed by atoms with van der Waals surface area (Å²) < 4.78 is 3.87. The Morgan fingerprint density at radius 3 is 2.96 bits per heavy atom. The predicted octanol–water partition coefficient (Wildman–Crippen LogP) is 0.308. The topological polar surface area (TPSA) is 84.9 Å². The SMILES string of the molecule is CN=C(NCc1c(C)nn(C)c1C)NC1CCc2ncnn2C1. The minimum atomic E-state index is 0.312. The van der Waals surface area contributed by atoms with Crippen LogP contribution in [0.1, 0.15) is 29.2 Å². The summed E-state index contributed by atoms with van der Waals surface area (Å²) in [5.74, 6) is 1.87. The van der Waals surface area contributed by atoms with Crippen LogP contribution in [0.15, 0.2) is 11.3 Å². The van der Waals surface area contributed by atoms with Gasteiger partial charge < -0.3 is 10.6 Å². The third kappa shape index (κ3) is 3.20. The normalized spacial score (nSPS) is 17.9. The Morgan fingerprint density at radius 2 is 2.26 bits per heavy atom. The lowest BCUT2D eigenvalue weighted by molar-refractivity contribution is 0.392. The maximum absolute atomic E-state index is 4.45. The maximum atomic E-state index is 4.45. The summed E-state index contributed by atoms with van der Waals surface area (Å²) in [6.45, 7) is 5.65. The predicted molar refractivity (Wildman–Crippen MR) is 88.1 cm³/mol. The second-order valence-electron chi connectivity index (χ2n) is 5.94. The van der Waals surface area contributed by atoms with Crippen molar-refractivity contribution in [1.29, 1.82) is 0 Å². The Balaban J connectivity index is 1.59. The van der Waals surface area contributed by atoms with Gasteiger partial charge in [0.05, 0.1) is 12.2 Å². The van der Waals surface area contributed by atoms with Crippen molar-refractivity contribution in [3.8, 4) is 0 Å². The monoisotopic (exact) mass is 316 g/mol. The van der Waals surface area contributed by atoms with Crippen LogP contribution in [-0.4, -0.2) is 43.6 Å². The molecule has 0 saturated heterocycles. The molecular formula is C15H24N8. The summed E-state index contributed by atoms with van der Waals surface area (Å²) in [6, 6.07) is 0.312. The first-order valence-electron chi connectivity index (χ1n) is 7.91. The number of aryl methyl sites for hydroxylation is 3. The van der Waals surface area contributed by atoms with E-state index in [0.29, 0.717) is 12.6 Å². The second-order valence-corrected chi connectivity index (χ2v) is 5.94. The Hall–Kier alpha value is -2.38. The van der Waals surface area contributed by atoms with Crippen molar-refractivity contribution >= 4 is 5.96 Å². The fourth-order valence-electron chi connectivity index (χ4n) is 2.99. The van der Waals surface area contributed by atoms with Crippen molar-refractivity contribution < 1.29 is 0 Å². The zero-order valence-electron chi connectivity index (χ0n) is 14.2. The van der Waals surface area contributed by atoms with Gasteiger partial charge in [0.2, 0.25) is 0 Å². The van der Waals surface area contributed by atoms with Gasteiger partial charge in [-0.15, -0.1) is 0 Å². The number of rotatable bonds is 3. The van der Waals surface area contributed by atoms with Crippen molar-refractivity contribution in [2.75, 3.05) is 7.05 Å². The van der Waals surface area contributed by atoms with Gasteiger partial charge >= 0.3 is 0 Å². The Morgan fingerprint density at radius 1 is 1.43 bits per heavy atom. The fourth-order valence-corrected chi connectivity index (χ4v) is 2.99. The highest BCUT2D eigenvalue weighted by Gasteiger charge is 2.20. The van der Waals surface area contributed by atoms with Crippen molar-refractivity contribution in [2.45, 2.75) is 45.8 Å². The Labute approximate surface area is 136 Å². The summed E-state index contributed by atoms with van der Waals surface area (Å²) in [5, 5.41) is 15.6. The zero-order valence-corrected chi connectivity index (χ0v) is 14.2. The van der Waals surface area contributed by atoms with E-state index in [1.807, 2.05) is 23.3 Å². The van der Waals surface area contributed by atoms with Gasteiger partial charge in [-0.2, -0.15) is 10.2 Å². The molecule has 0 bridgehead atoms. The van der Waals surface area contributed by atoms with Gasteiger partial charge in [-0.1, -0.05) is 0 Å².